The van der Waals surface area contributed by atoms with E-state index in [9.17, 15) is 22.8 Å². The first kappa shape index (κ1) is 17.1. The molecule has 0 aromatic rings. The van der Waals surface area contributed by atoms with Crippen LogP contribution in [0.25, 0.3) is 0 Å². The monoisotopic (exact) mass is 322 g/mol. The van der Waals surface area contributed by atoms with Crippen molar-refractivity contribution < 1.29 is 27.5 Å². The molecular formula is C14H21F3N2O3. The molecule has 0 aromatic heterocycles. The standard InChI is InChI=1S/C14H21F3N2O3/c1-22-8-10-3-2-4-18(6-10)13(21)11-5-12(20)19(7-11)9-14(15,16)17/h10-11H,2-9H2,1H3. The lowest BCUT2D eigenvalue weighted by Gasteiger charge is -2.34. The maximum Gasteiger partial charge on any atom is 0.406 e. The second-order valence-corrected chi connectivity index (χ2v) is 6.04. The van der Waals surface area contributed by atoms with Crippen molar-refractivity contribution in [2.45, 2.75) is 25.4 Å². The number of nitrogens with zero attached hydrogens (tertiary/aromatic N) is 2. The van der Waals surface area contributed by atoms with Gasteiger partial charge in [0.1, 0.15) is 6.54 Å². The maximum atomic E-state index is 12.4. The summed E-state index contributed by atoms with van der Waals surface area (Å²) in [6, 6.07) is 0. The first-order valence-corrected chi connectivity index (χ1v) is 7.42. The van der Waals surface area contributed by atoms with Crippen LogP contribution in [0.1, 0.15) is 19.3 Å². The molecular weight excluding hydrogens is 301 g/mol. The summed E-state index contributed by atoms with van der Waals surface area (Å²) in [5.41, 5.74) is 0. The zero-order chi connectivity index (χ0) is 16.3. The van der Waals surface area contributed by atoms with Crippen LogP contribution in [0.15, 0.2) is 0 Å². The SMILES string of the molecule is COCC1CCCN(C(=O)C2CC(=O)N(CC(F)(F)F)C2)C1. The molecule has 2 aliphatic heterocycles. The van der Waals surface area contributed by atoms with Crippen LogP contribution in [0.5, 0.6) is 0 Å². The van der Waals surface area contributed by atoms with Gasteiger partial charge in [-0.25, -0.2) is 0 Å². The molecule has 2 rings (SSSR count). The highest BCUT2D eigenvalue weighted by molar-refractivity contribution is 5.89. The summed E-state index contributed by atoms with van der Waals surface area (Å²) in [5, 5.41) is 0. The fraction of sp³-hybridized carbons (Fsp3) is 0.857. The number of hydrogen-bond donors (Lipinski definition) is 0. The van der Waals surface area contributed by atoms with Crippen LogP contribution >= 0.6 is 0 Å². The largest absolute Gasteiger partial charge is 0.406 e. The average molecular weight is 322 g/mol. The Hall–Kier alpha value is -1.31. The molecule has 2 unspecified atom stereocenters. The lowest BCUT2D eigenvalue weighted by atomic mass is 9.97. The molecule has 0 aromatic carbocycles. The van der Waals surface area contributed by atoms with E-state index in [1.165, 1.54) is 0 Å². The Balaban J connectivity index is 1.92. The van der Waals surface area contributed by atoms with Crippen molar-refractivity contribution >= 4 is 11.8 Å². The fourth-order valence-corrected chi connectivity index (χ4v) is 3.20. The summed E-state index contributed by atoms with van der Waals surface area (Å²) < 4.78 is 42.3. The van der Waals surface area contributed by atoms with E-state index in [0.717, 1.165) is 17.7 Å². The normalized spacial score (nSPS) is 26.6. The summed E-state index contributed by atoms with van der Waals surface area (Å²) in [7, 11) is 1.60. The Morgan fingerprint density at radius 1 is 1.36 bits per heavy atom. The molecule has 2 saturated heterocycles. The first-order chi connectivity index (χ1) is 10.3. The Kier molecular flexibility index (Phi) is 5.31. The van der Waals surface area contributed by atoms with E-state index >= 15 is 0 Å². The van der Waals surface area contributed by atoms with E-state index in [0.29, 0.717) is 19.7 Å². The van der Waals surface area contributed by atoms with Crippen molar-refractivity contribution in [1.29, 1.82) is 0 Å². The number of carbonyl (C=O) groups is 2. The first-order valence-electron chi connectivity index (χ1n) is 7.42. The molecule has 0 radical (unpaired) electrons. The topological polar surface area (TPSA) is 49.9 Å². The van der Waals surface area contributed by atoms with Gasteiger partial charge in [0.2, 0.25) is 11.8 Å². The van der Waals surface area contributed by atoms with Crippen LogP contribution in [0.2, 0.25) is 0 Å². The van der Waals surface area contributed by atoms with Crippen molar-refractivity contribution in [1.82, 2.24) is 9.80 Å². The van der Waals surface area contributed by atoms with Gasteiger partial charge in [0, 0.05) is 33.2 Å². The molecule has 2 atom stereocenters. The lowest BCUT2D eigenvalue weighted by Crippen LogP contribution is -2.44. The minimum absolute atomic E-state index is 0.125. The minimum atomic E-state index is -4.43. The van der Waals surface area contributed by atoms with Crippen molar-refractivity contribution in [2.75, 3.05) is 39.9 Å². The highest BCUT2D eigenvalue weighted by Crippen LogP contribution is 2.26. The van der Waals surface area contributed by atoms with Crippen molar-refractivity contribution in [3.63, 3.8) is 0 Å². The van der Waals surface area contributed by atoms with Gasteiger partial charge < -0.3 is 14.5 Å². The molecule has 22 heavy (non-hydrogen) atoms. The van der Waals surface area contributed by atoms with Crippen LogP contribution in [-0.4, -0.2) is 67.7 Å². The van der Waals surface area contributed by atoms with E-state index in [2.05, 4.69) is 0 Å². The number of amides is 2. The predicted molar refractivity (Wildman–Crippen MR) is 71.9 cm³/mol. The smallest absolute Gasteiger partial charge is 0.384 e. The van der Waals surface area contributed by atoms with E-state index in [1.807, 2.05) is 0 Å². The molecule has 0 spiro atoms. The molecule has 0 aliphatic carbocycles. The summed E-state index contributed by atoms with van der Waals surface area (Å²) >= 11 is 0. The van der Waals surface area contributed by atoms with Crippen LogP contribution in [0.3, 0.4) is 0 Å². The maximum absolute atomic E-state index is 12.4. The number of alkyl halides is 3. The number of carbonyl (C=O) groups excluding carboxylic acids is 2. The van der Waals surface area contributed by atoms with Crippen molar-refractivity contribution in [3.8, 4) is 0 Å². The highest BCUT2D eigenvalue weighted by Gasteiger charge is 2.42. The quantitative estimate of drug-likeness (QED) is 0.783. The van der Waals surface area contributed by atoms with Gasteiger partial charge in [-0.1, -0.05) is 0 Å². The van der Waals surface area contributed by atoms with E-state index in [4.69, 9.17) is 4.74 Å². The van der Waals surface area contributed by atoms with E-state index in [-0.39, 0.29) is 24.8 Å². The Labute approximate surface area is 127 Å². The summed E-state index contributed by atoms with van der Waals surface area (Å²) in [4.78, 5) is 26.5. The second kappa shape index (κ2) is 6.85. The fourth-order valence-electron chi connectivity index (χ4n) is 3.20. The molecule has 2 amide bonds. The minimum Gasteiger partial charge on any atom is -0.384 e. The number of methoxy groups -OCH3 is 1. The molecule has 2 heterocycles. The molecule has 8 heteroatoms. The van der Waals surface area contributed by atoms with Crippen molar-refractivity contribution in [2.24, 2.45) is 11.8 Å². The predicted octanol–water partition coefficient (Wildman–Crippen LogP) is 1.28. The van der Waals surface area contributed by atoms with Crippen LogP contribution in [0, 0.1) is 11.8 Å². The third-order valence-corrected chi connectivity index (χ3v) is 4.17. The molecule has 2 fully saturated rings. The number of likely N-dealkylation sites (tertiary alicyclic amines) is 2. The zero-order valence-electron chi connectivity index (χ0n) is 12.6. The number of rotatable bonds is 4. The Morgan fingerprint density at radius 3 is 2.73 bits per heavy atom. The molecule has 2 aliphatic rings. The van der Waals surface area contributed by atoms with Gasteiger partial charge in [-0.2, -0.15) is 13.2 Å². The van der Waals surface area contributed by atoms with E-state index in [1.54, 1.807) is 12.0 Å². The van der Waals surface area contributed by atoms with Crippen LogP contribution < -0.4 is 0 Å². The van der Waals surface area contributed by atoms with Gasteiger partial charge in [-0.15, -0.1) is 0 Å². The Morgan fingerprint density at radius 2 is 2.09 bits per heavy atom. The van der Waals surface area contributed by atoms with Gasteiger partial charge >= 0.3 is 6.18 Å². The van der Waals surface area contributed by atoms with Crippen LogP contribution in [-0.2, 0) is 14.3 Å². The molecule has 5 nitrogen and oxygen atoms in total. The summed E-state index contributed by atoms with van der Waals surface area (Å²) in [5.74, 6) is -1.21. The second-order valence-electron chi connectivity index (χ2n) is 6.04. The summed E-state index contributed by atoms with van der Waals surface area (Å²) in [6.07, 6.45) is -2.73. The number of piperidine rings is 1. The summed E-state index contributed by atoms with van der Waals surface area (Å²) in [6.45, 7) is 0.303. The van der Waals surface area contributed by atoms with Crippen LogP contribution in [0.4, 0.5) is 13.2 Å². The van der Waals surface area contributed by atoms with Gasteiger partial charge in [0.15, 0.2) is 0 Å². The molecule has 126 valence electrons. The molecule has 0 bridgehead atoms. The Bertz CT molecular complexity index is 426. The third-order valence-electron chi connectivity index (χ3n) is 4.17. The van der Waals surface area contributed by atoms with Gasteiger partial charge in [-0.3, -0.25) is 9.59 Å². The zero-order valence-corrected chi connectivity index (χ0v) is 12.6. The average Bonchev–Trinajstić information content (AvgIpc) is 2.78. The van der Waals surface area contributed by atoms with Gasteiger partial charge in [0.05, 0.1) is 12.5 Å². The van der Waals surface area contributed by atoms with Gasteiger partial charge in [0.25, 0.3) is 0 Å². The van der Waals surface area contributed by atoms with E-state index < -0.39 is 24.5 Å². The number of halogens is 3. The number of ether oxygens (including phenoxy) is 1. The molecule has 0 N–H and O–H groups in total. The van der Waals surface area contributed by atoms with Gasteiger partial charge in [-0.05, 0) is 18.8 Å². The number of hydrogen-bond acceptors (Lipinski definition) is 3. The lowest BCUT2D eigenvalue weighted by molar-refractivity contribution is -0.157. The highest BCUT2D eigenvalue weighted by atomic mass is 19.4. The molecule has 0 saturated carbocycles. The third kappa shape index (κ3) is 4.34. The van der Waals surface area contributed by atoms with Crippen molar-refractivity contribution in [3.05, 3.63) is 0 Å².